The highest BCUT2D eigenvalue weighted by Gasteiger charge is 2.15. The second kappa shape index (κ2) is 7.45. The van der Waals surface area contributed by atoms with Crippen molar-refractivity contribution in [2.24, 2.45) is 5.92 Å². The molecule has 0 aliphatic heterocycles. The zero-order chi connectivity index (χ0) is 12.7. The molecule has 1 heterocycles. The Hall–Kier alpha value is -0.870. The lowest BCUT2D eigenvalue weighted by atomic mass is 10.0. The van der Waals surface area contributed by atoms with Crippen molar-refractivity contribution in [2.75, 3.05) is 13.7 Å². The normalized spacial score (nSPS) is 12.7. The van der Waals surface area contributed by atoms with Crippen molar-refractivity contribution in [3.8, 4) is 0 Å². The third kappa shape index (κ3) is 4.88. The monoisotopic (exact) mass is 255 g/mol. The third-order valence-electron chi connectivity index (χ3n) is 2.67. The van der Waals surface area contributed by atoms with Gasteiger partial charge in [0.15, 0.2) is 0 Å². The fourth-order valence-electron chi connectivity index (χ4n) is 1.73. The van der Waals surface area contributed by atoms with Gasteiger partial charge in [-0.2, -0.15) is 0 Å². The standard InChI is InChI=1S/C13H21NO2S/c1-10(2)13(11-6-5-9-17-11)14-8-4-7-12(15)16-3/h5-6,9-10,13-14H,4,7-8H2,1-3H3. The number of carbonyl (C=O) groups is 1. The molecular formula is C13H21NO2S. The lowest BCUT2D eigenvalue weighted by Crippen LogP contribution is -2.26. The van der Waals surface area contributed by atoms with Gasteiger partial charge in [0.1, 0.15) is 0 Å². The molecule has 1 unspecified atom stereocenters. The van der Waals surface area contributed by atoms with E-state index in [0.717, 1.165) is 13.0 Å². The molecule has 0 amide bonds. The minimum atomic E-state index is -0.135. The largest absolute Gasteiger partial charge is 0.469 e. The highest BCUT2D eigenvalue weighted by molar-refractivity contribution is 7.10. The van der Waals surface area contributed by atoms with Crippen LogP contribution in [0.4, 0.5) is 0 Å². The first kappa shape index (κ1) is 14.2. The molecule has 0 spiro atoms. The highest BCUT2D eigenvalue weighted by atomic mass is 32.1. The van der Waals surface area contributed by atoms with Gasteiger partial charge in [0.2, 0.25) is 0 Å². The number of methoxy groups -OCH3 is 1. The Morgan fingerprint density at radius 1 is 1.53 bits per heavy atom. The number of hydrogen-bond donors (Lipinski definition) is 1. The number of rotatable bonds is 7. The Balaban J connectivity index is 2.34. The molecule has 0 aliphatic carbocycles. The van der Waals surface area contributed by atoms with E-state index in [1.165, 1.54) is 12.0 Å². The maximum absolute atomic E-state index is 11.0. The second-order valence-corrected chi connectivity index (χ2v) is 5.35. The summed E-state index contributed by atoms with van der Waals surface area (Å²) in [6.07, 6.45) is 1.31. The van der Waals surface area contributed by atoms with E-state index in [4.69, 9.17) is 0 Å². The van der Waals surface area contributed by atoms with Gasteiger partial charge in [0, 0.05) is 17.3 Å². The summed E-state index contributed by atoms with van der Waals surface area (Å²) in [7, 11) is 1.43. The van der Waals surface area contributed by atoms with Crippen molar-refractivity contribution in [2.45, 2.75) is 32.7 Å². The maximum atomic E-state index is 11.0. The van der Waals surface area contributed by atoms with Crippen LogP contribution in [0.3, 0.4) is 0 Å². The Morgan fingerprint density at radius 3 is 2.82 bits per heavy atom. The van der Waals surface area contributed by atoms with Crippen LogP contribution in [0.5, 0.6) is 0 Å². The lowest BCUT2D eigenvalue weighted by Gasteiger charge is -2.21. The van der Waals surface area contributed by atoms with Gasteiger partial charge in [-0.3, -0.25) is 4.79 Å². The second-order valence-electron chi connectivity index (χ2n) is 4.37. The highest BCUT2D eigenvalue weighted by Crippen LogP contribution is 2.25. The molecule has 1 rings (SSSR count). The number of hydrogen-bond acceptors (Lipinski definition) is 4. The molecule has 4 heteroatoms. The molecule has 0 aliphatic rings. The molecule has 0 fully saturated rings. The lowest BCUT2D eigenvalue weighted by molar-refractivity contribution is -0.140. The van der Waals surface area contributed by atoms with Crippen molar-refractivity contribution in [1.82, 2.24) is 5.32 Å². The first-order chi connectivity index (χ1) is 8.15. The van der Waals surface area contributed by atoms with E-state index in [2.05, 4.69) is 41.4 Å². The predicted molar refractivity (Wildman–Crippen MR) is 71.2 cm³/mol. The van der Waals surface area contributed by atoms with Gasteiger partial charge in [-0.05, 0) is 30.3 Å². The molecule has 1 aromatic heterocycles. The molecule has 17 heavy (non-hydrogen) atoms. The first-order valence-electron chi connectivity index (χ1n) is 5.98. The third-order valence-corrected chi connectivity index (χ3v) is 3.62. The van der Waals surface area contributed by atoms with E-state index < -0.39 is 0 Å². The average Bonchev–Trinajstić information content (AvgIpc) is 2.81. The quantitative estimate of drug-likeness (QED) is 0.601. The van der Waals surface area contributed by atoms with E-state index in [0.29, 0.717) is 18.4 Å². The molecular weight excluding hydrogens is 234 g/mol. The summed E-state index contributed by atoms with van der Waals surface area (Å²) in [5.74, 6) is 0.413. The van der Waals surface area contributed by atoms with Crippen molar-refractivity contribution in [1.29, 1.82) is 0 Å². The van der Waals surface area contributed by atoms with Gasteiger partial charge in [0.05, 0.1) is 7.11 Å². The van der Waals surface area contributed by atoms with E-state index in [1.54, 1.807) is 11.3 Å². The Bertz CT molecular complexity index is 322. The molecule has 1 N–H and O–H groups in total. The van der Waals surface area contributed by atoms with Gasteiger partial charge in [-0.15, -0.1) is 11.3 Å². The molecule has 0 saturated heterocycles. The smallest absolute Gasteiger partial charge is 0.305 e. The summed E-state index contributed by atoms with van der Waals surface area (Å²) in [6, 6.07) is 4.61. The summed E-state index contributed by atoms with van der Waals surface area (Å²) in [6.45, 7) is 5.26. The molecule has 0 saturated carbocycles. The SMILES string of the molecule is COC(=O)CCCNC(c1cccs1)C(C)C. The van der Waals surface area contributed by atoms with Gasteiger partial charge < -0.3 is 10.1 Å². The van der Waals surface area contributed by atoms with Crippen LogP contribution in [0.25, 0.3) is 0 Å². The maximum Gasteiger partial charge on any atom is 0.305 e. The first-order valence-corrected chi connectivity index (χ1v) is 6.86. The van der Waals surface area contributed by atoms with Crippen LogP contribution in [0.2, 0.25) is 0 Å². The Labute approximate surface area is 107 Å². The van der Waals surface area contributed by atoms with E-state index >= 15 is 0 Å². The van der Waals surface area contributed by atoms with E-state index in [1.807, 2.05) is 0 Å². The van der Waals surface area contributed by atoms with Crippen LogP contribution in [-0.4, -0.2) is 19.6 Å². The summed E-state index contributed by atoms with van der Waals surface area (Å²) < 4.78 is 4.61. The zero-order valence-corrected chi connectivity index (χ0v) is 11.5. The number of ether oxygens (including phenoxy) is 1. The molecule has 0 aromatic carbocycles. The average molecular weight is 255 g/mol. The minimum Gasteiger partial charge on any atom is -0.469 e. The molecule has 3 nitrogen and oxygen atoms in total. The van der Waals surface area contributed by atoms with E-state index in [9.17, 15) is 4.79 Å². The minimum absolute atomic E-state index is 0.135. The fourth-order valence-corrected chi connectivity index (χ4v) is 2.70. The van der Waals surface area contributed by atoms with Crippen LogP contribution >= 0.6 is 11.3 Å². The van der Waals surface area contributed by atoms with Gasteiger partial charge >= 0.3 is 5.97 Å². The number of carbonyl (C=O) groups excluding carboxylic acids is 1. The zero-order valence-electron chi connectivity index (χ0n) is 10.7. The van der Waals surface area contributed by atoms with E-state index in [-0.39, 0.29) is 5.97 Å². The van der Waals surface area contributed by atoms with Crippen molar-refractivity contribution in [3.05, 3.63) is 22.4 Å². The molecule has 0 bridgehead atoms. The number of nitrogens with one attached hydrogen (secondary N) is 1. The van der Waals surface area contributed by atoms with Crippen molar-refractivity contribution in [3.63, 3.8) is 0 Å². The van der Waals surface area contributed by atoms with Crippen LogP contribution in [0.1, 0.15) is 37.6 Å². The summed E-state index contributed by atoms with van der Waals surface area (Å²) in [5.41, 5.74) is 0. The summed E-state index contributed by atoms with van der Waals surface area (Å²) >= 11 is 1.77. The summed E-state index contributed by atoms with van der Waals surface area (Å²) in [4.78, 5) is 12.3. The van der Waals surface area contributed by atoms with Gasteiger partial charge in [-0.25, -0.2) is 0 Å². The van der Waals surface area contributed by atoms with Crippen LogP contribution in [0, 0.1) is 5.92 Å². The van der Waals surface area contributed by atoms with Crippen LogP contribution in [0.15, 0.2) is 17.5 Å². The van der Waals surface area contributed by atoms with Crippen LogP contribution in [-0.2, 0) is 9.53 Å². The fraction of sp³-hybridized carbons (Fsp3) is 0.615. The van der Waals surface area contributed by atoms with Crippen molar-refractivity contribution < 1.29 is 9.53 Å². The number of esters is 1. The molecule has 1 aromatic rings. The predicted octanol–water partition coefficient (Wildman–Crippen LogP) is 2.99. The van der Waals surface area contributed by atoms with Gasteiger partial charge in [0.25, 0.3) is 0 Å². The molecule has 0 radical (unpaired) electrons. The Morgan fingerprint density at radius 2 is 2.29 bits per heavy atom. The number of thiophene rings is 1. The Kier molecular flexibility index (Phi) is 6.22. The molecule has 1 atom stereocenters. The van der Waals surface area contributed by atoms with Crippen LogP contribution < -0.4 is 5.32 Å². The molecule has 96 valence electrons. The van der Waals surface area contributed by atoms with Gasteiger partial charge in [-0.1, -0.05) is 19.9 Å². The topological polar surface area (TPSA) is 38.3 Å². The summed E-state index contributed by atoms with van der Waals surface area (Å²) in [5, 5.41) is 5.60. The van der Waals surface area contributed by atoms with Crippen molar-refractivity contribution >= 4 is 17.3 Å².